The fourth-order valence-corrected chi connectivity index (χ4v) is 2.68. The smallest absolute Gasteiger partial charge is 0.159 e. The van der Waals surface area contributed by atoms with Gasteiger partial charge < -0.3 is 9.15 Å². The van der Waals surface area contributed by atoms with Gasteiger partial charge >= 0.3 is 0 Å². The molecule has 0 bridgehead atoms. The second kappa shape index (κ2) is 6.48. The maximum Gasteiger partial charge on any atom is 0.159 e. The summed E-state index contributed by atoms with van der Waals surface area (Å²) in [5, 5.41) is 0. The van der Waals surface area contributed by atoms with Crippen LogP contribution >= 0.6 is 11.8 Å². The quantitative estimate of drug-likeness (QED) is 0.750. The predicted molar refractivity (Wildman–Crippen MR) is 76.7 cm³/mol. The van der Waals surface area contributed by atoms with Crippen LogP contribution in [0, 0.1) is 0 Å². The normalized spacial score (nSPS) is 10.4. The molecule has 0 fully saturated rings. The van der Waals surface area contributed by atoms with Crippen molar-refractivity contribution < 1.29 is 13.9 Å². The van der Waals surface area contributed by atoms with E-state index in [1.54, 1.807) is 38.1 Å². The number of carbonyl (C=O) groups excluding carboxylic acids is 1. The maximum absolute atomic E-state index is 11.4. The monoisotopic (exact) mass is 276 g/mol. The average molecular weight is 276 g/mol. The van der Waals surface area contributed by atoms with Gasteiger partial charge in [0, 0.05) is 16.9 Å². The van der Waals surface area contributed by atoms with Crippen LogP contribution in [0.15, 0.2) is 41.0 Å². The summed E-state index contributed by atoms with van der Waals surface area (Å²) in [4.78, 5) is 11.4. The van der Waals surface area contributed by atoms with E-state index < -0.39 is 0 Å². The van der Waals surface area contributed by atoms with Crippen LogP contribution in [-0.4, -0.2) is 12.9 Å². The second-order valence-electron chi connectivity index (χ2n) is 4.15. The van der Waals surface area contributed by atoms with Crippen molar-refractivity contribution in [1.29, 1.82) is 0 Å². The van der Waals surface area contributed by atoms with Gasteiger partial charge in [-0.2, -0.15) is 0 Å². The molecule has 4 heteroatoms. The van der Waals surface area contributed by atoms with Gasteiger partial charge in [0.25, 0.3) is 0 Å². The number of hydrogen-bond acceptors (Lipinski definition) is 4. The third-order valence-electron chi connectivity index (χ3n) is 2.77. The molecule has 0 saturated heterocycles. The van der Waals surface area contributed by atoms with Crippen molar-refractivity contribution in [1.82, 2.24) is 0 Å². The second-order valence-corrected chi connectivity index (χ2v) is 5.14. The number of benzene rings is 1. The van der Waals surface area contributed by atoms with Gasteiger partial charge in [0.1, 0.15) is 11.5 Å². The molecule has 100 valence electrons. The highest BCUT2D eigenvalue weighted by atomic mass is 32.2. The minimum absolute atomic E-state index is 0.0694. The van der Waals surface area contributed by atoms with E-state index >= 15 is 0 Å². The molecule has 1 aromatic heterocycles. The van der Waals surface area contributed by atoms with Crippen molar-refractivity contribution in [3.8, 4) is 5.75 Å². The fraction of sp³-hybridized carbons (Fsp3) is 0.267. The molecule has 1 heterocycles. The minimum Gasteiger partial charge on any atom is -0.496 e. The molecular weight excluding hydrogens is 260 g/mol. The molecule has 0 saturated carbocycles. The molecule has 2 rings (SSSR count). The van der Waals surface area contributed by atoms with Gasteiger partial charge in [0.15, 0.2) is 5.78 Å². The summed E-state index contributed by atoms with van der Waals surface area (Å²) in [7, 11) is 1.64. The molecule has 0 unspecified atom stereocenters. The lowest BCUT2D eigenvalue weighted by Gasteiger charge is -2.09. The Morgan fingerprint density at radius 2 is 2.16 bits per heavy atom. The molecule has 3 nitrogen and oxygen atoms in total. The number of ether oxygens (including phenoxy) is 1. The Labute approximate surface area is 117 Å². The molecule has 0 aliphatic heterocycles. The Balaban J connectivity index is 2.04. The number of rotatable bonds is 6. The van der Waals surface area contributed by atoms with Crippen LogP contribution in [0.4, 0.5) is 0 Å². The van der Waals surface area contributed by atoms with E-state index in [0.29, 0.717) is 0 Å². The first-order chi connectivity index (χ1) is 9.20. The summed E-state index contributed by atoms with van der Waals surface area (Å²) in [5.41, 5.74) is 1.75. The Hall–Kier alpha value is -1.68. The van der Waals surface area contributed by atoms with E-state index in [1.165, 1.54) is 0 Å². The van der Waals surface area contributed by atoms with Gasteiger partial charge in [-0.25, -0.2) is 0 Å². The van der Waals surface area contributed by atoms with E-state index in [2.05, 4.69) is 0 Å². The zero-order valence-corrected chi connectivity index (χ0v) is 11.8. The van der Waals surface area contributed by atoms with Crippen LogP contribution < -0.4 is 4.74 Å². The van der Waals surface area contributed by atoms with Gasteiger partial charge in [-0.3, -0.25) is 4.79 Å². The van der Waals surface area contributed by atoms with Gasteiger partial charge in [-0.05, 0) is 37.3 Å². The van der Waals surface area contributed by atoms with Crippen molar-refractivity contribution in [2.75, 3.05) is 7.11 Å². The summed E-state index contributed by atoms with van der Waals surface area (Å²) >= 11 is 1.73. The zero-order chi connectivity index (χ0) is 13.7. The Morgan fingerprint density at radius 3 is 2.79 bits per heavy atom. The highest BCUT2D eigenvalue weighted by molar-refractivity contribution is 7.97. The van der Waals surface area contributed by atoms with Crippen LogP contribution in [0.5, 0.6) is 5.75 Å². The molecule has 0 atom stereocenters. The molecule has 1 aromatic carbocycles. The van der Waals surface area contributed by atoms with Crippen molar-refractivity contribution in [3.05, 3.63) is 53.5 Å². The lowest BCUT2D eigenvalue weighted by molar-refractivity contribution is 0.101. The van der Waals surface area contributed by atoms with Crippen molar-refractivity contribution in [3.63, 3.8) is 0 Å². The van der Waals surface area contributed by atoms with Crippen molar-refractivity contribution >= 4 is 17.5 Å². The minimum atomic E-state index is 0.0694. The highest BCUT2D eigenvalue weighted by Crippen LogP contribution is 2.26. The van der Waals surface area contributed by atoms with E-state index in [9.17, 15) is 4.79 Å². The summed E-state index contributed by atoms with van der Waals surface area (Å²) in [6.45, 7) is 1.57. The molecule has 0 aliphatic carbocycles. The molecule has 0 radical (unpaired) electrons. The first-order valence-electron chi connectivity index (χ1n) is 5.98. The topological polar surface area (TPSA) is 39.4 Å². The average Bonchev–Trinajstić information content (AvgIpc) is 2.91. The fourth-order valence-electron chi connectivity index (χ4n) is 1.77. The van der Waals surface area contributed by atoms with Gasteiger partial charge in [-0.1, -0.05) is 0 Å². The Morgan fingerprint density at radius 1 is 1.32 bits per heavy atom. The third-order valence-corrected chi connectivity index (χ3v) is 3.77. The van der Waals surface area contributed by atoms with Crippen LogP contribution in [0.25, 0.3) is 0 Å². The summed E-state index contributed by atoms with van der Waals surface area (Å²) < 4.78 is 10.6. The number of Topliss-reactive ketones (excluding diaryl/α,β-unsaturated/α-hetero) is 1. The number of furan rings is 1. The lowest BCUT2D eigenvalue weighted by Crippen LogP contribution is -1.97. The van der Waals surface area contributed by atoms with Gasteiger partial charge in [0.05, 0.1) is 19.1 Å². The zero-order valence-electron chi connectivity index (χ0n) is 11.0. The standard InChI is InChI=1S/C15H16O3S/c1-11(16)12-5-6-15(17-2)13(8-12)9-19-10-14-4-3-7-18-14/h3-8H,9-10H2,1-2H3. The maximum atomic E-state index is 11.4. The van der Waals surface area contributed by atoms with E-state index in [4.69, 9.17) is 9.15 Å². The predicted octanol–water partition coefficient (Wildman–Crippen LogP) is 3.92. The molecule has 0 spiro atoms. The third kappa shape index (κ3) is 3.64. The van der Waals surface area contributed by atoms with Gasteiger partial charge in [0.2, 0.25) is 0 Å². The Kier molecular flexibility index (Phi) is 4.68. The van der Waals surface area contributed by atoms with E-state index in [0.717, 1.165) is 34.1 Å². The van der Waals surface area contributed by atoms with Crippen LogP contribution in [0.2, 0.25) is 0 Å². The van der Waals surface area contributed by atoms with Crippen LogP contribution in [0.3, 0.4) is 0 Å². The Bertz CT molecular complexity index is 547. The van der Waals surface area contributed by atoms with E-state index in [1.807, 2.05) is 24.3 Å². The van der Waals surface area contributed by atoms with Crippen molar-refractivity contribution in [2.45, 2.75) is 18.4 Å². The number of thioether (sulfide) groups is 1. The van der Waals surface area contributed by atoms with E-state index in [-0.39, 0.29) is 5.78 Å². The largest absolute Gasteiger partial charge is 0.496 e. The first-order valence-corrected chi connectivity index (χ1v) is 7.14. The first kappa shape index (κ1) is 13.7. The SMILES string of the molecule is COc1ccc(C(C)=O)cc1CSCc1ccco1. The molecule has 19 heavy (non-hydrogen) atoms. The molecule has 0 aliphatic rings. The van der Waals surface area contributed by atoms with Crippen LogP contribution in [0.1, 0.15) is 28.6 Å². The molecule has 2 aromatic rings. The highest BCUT2D eigenvalue weighted by Gasteiger charge is 2.08. The molecule has 0 N–H and O–H groups in total. The number of ketones is 1. The summed E-state index contributed by atoms with van der Waals surface area (Å²) in [5.74, 6) is 3.43. The summed E-state index contributed by atoms with van der Waals surface area (Å²) in [6.07, 6.45) is 1.67. The van der Waals surface area contributed by atoms with Crippen molar-refractivity contribution in [2.24, 2.45) is 0 Å². The number of hydrogen-bond donors (Lipinski definition) is 0. The lowest BCUT2D eigenvalue weighted by atomic mass is 10.1. The number of methoxy groups -OCH3 is 1. The van der Waals surface area contributed by atoms with Crippen LogP contribution in [-0.2, 0) is 11.5 Å². The summed E-state index contributed by atoms with van der Waals surface area (Å²) in [6, 6.07) is 9.38. The molecule has 0 amide bonds. The molecular formula is C15H16O3S. The van der Waals surface area contributed by atoms with Gasteiger partial charge in [-0.15, -0.1) is 11.8 Å². The number of carbonyl (C=O) groups is 1.